The molecule has 0 aliphatic rings. The molecular weight excluding hydrogens is 248 g/mol. The number of nitrogens with one attached hydrogen (secondary N) is 1. The summed E-state index contributed by atoms with van der Waals surface area (Å²) in [4.78, 5) is 4.46. The monoisotopic (exact) mass is 264 g/mol. The molecule has 2 aromatic heterocycles. The van der Waals surface area contributed by atoms with Gasteiger partial charge in [-0.25, -0.2) is 4.98 Å². The molecule has 2 nitrogen and oxygen atoms in total. The number of rotatable bonds is 6. The summed E-state index contributed by atoms with van der Waals surface area (Å²) in [6, 6.07) is 8.42. The maximum absolute atomic E-state index is 4.46. The molecule has 0 bridgehead atoms. The van der Waals surface area contributed by atoms with E-state index < -0.39 is 0 Å². The Balaban J connectivity index is 1.89. The maximum atomic E-state index is 4.46. The van der Waals surface area contributed by atoms with Gasteiger partial charge in [0.15, 0.2) is 0 Å². The van der Waals surface area contributed by atoms with Crippen LogP contribution in [0.25, 0.3) is 0 Å². The van der Waals surface area contributed by atoms with Gasteiger partial charge in [0.1, 0.15) is 5.03 Å². The second kappa shape index (κ2) is 6.79. The largest absolute Gasteiger partial charge is 0.313 e. The Labute approximate surface area is 110 Å². The van der Waals surface area contributed by atoms with Crippen LogP contribution in [0.2, 0.25) is 0 Å². The average Bonchev–Trinajstić information content (AvgIpc) is 2.85. The van der Waals surface area contributed by atoms with Gasteiger partial charge in [0.05, 0.1) is 4.21 Å². The molecule has 1 N–H and O–H groups in total. The molecule has 17 heavy (non-hydrogen) atoms. The van der Waals surface area contributed by atoms with E-state index in [-0.39, 0.29) is 0 Å². The highest BCUT2D eigenvalue weighted by Gasteiger charge is 1.99. The van der Waals surface area contributed by atoms with E-state index in [1.165, 1.54) is 16.2 Å². The fourth-order valence-electron chi connectivity index (χ4n) is 1.41. The van der Waals surface area contributed by atoms with Crippen LogP contribution in [0.15, 0.2) is 45.1 Å². The summed E-state index contributed by atoms with van der Waals surface area (Å²) in [7, 11) is 0. The zero-order valence-electron chi connectivity index (χ0n) is 9.85. The van der Waals surface area contributed by atoms with Crippen LogP contribution in [-0.4, -0.2) is 11.5 Å². The van der Waals surface area contributed by atoms with E-state index in [0.717, 1.165) is 18.1 Å². The van der Waals surface area contributed by atoms with Crippen molar-refractivity contribution in [2.75, 3.05) is 6.54 Å². The van der Waals surface area contributed by atoms with Gasteiger partial charge in [-0.3, -0.25) is 0 Å². The standard InChI is InChI=1S/C13H16N2S2/c1-2-7-14-9-11-5-6-12(15-10-11)17-13-4-3-8-16-13/h3-6,8,10,14H,2,7,9H2,1H3. The van der Waals surface area contributed by atoms with Gasteiger partial charge < -0.3 is 5.32 Å². The molecule has 0 atom stereocenters. The van der Waals surface area contributed by atoms with Crippen LogP contribution in [0.1, 0.15) is 18.9 Å². The van der Waals surface area contributed by atoms with Crippen molar-refractivity contribution in [1.82, 2.24) is 10.3 Å². The topological polar surface area (TPSA) is 24.9 Å². The average molecular weight is 264 g/mol. The van der Waals surface area contributed by atoms with Crippen molar-refractivity contribution in [3.8, 4) is 0 Å². The number of pyridine rings is 1. The predicted molar refractivity (Wildman–Crippen MR) is 74.7 cm³/mol. The van der Waals surface area contributed by atoms with Crippen molar-refractivity contribution in [3.05, 3.63) is 41.4 Å². The van der Waals surface area contributed by atoms with E-state index in [1.807, 2.05) is 6.20 Å². The van der Waals surface area contributed by atoms with Crippen LogP contribution in [0.4, 0.5) is 0 Å². The van der Waals surface area contributed by atoms with Crippen molar-refractivity contribution in [2.24, 2.45) is 0 Å². The van der Waals surface area contributed by atoms with Crippen LogP contribution in [0.3, 0.4) is 0 Å². The highest BCUT2D eigenvalue weighted by Crippen LogP contribution is 2.29. The lowest BCUT2D eigenvalue weighted by atomic mass is 10.3. The number of hydrogen-bond donors (Lipinski definition) is 1. The summed E-state index contributed by atoms with van der Waals surface area (Å²) in [5.41, 5.74) is 1.24. The quantitative estimate of drug-likeness (QED) is 0.803. The molecule has 2 rings (SSSR count). The molecule has 0 fully saturated rings. The molecule has 2 aromatic rings. The predicted octanol–water partition coefficient (Wildman–Crippen LogP) is 3.79. The summed E-state index contributed by atoms with van der Waals surface area (Å²) in [5.74, 6) is 0. The first-order valence-electron chi connectivity index (χ1n) is 5.75. The zero-order valence-corrected chi connectivity index (χ0v) is 11.5. The second-order valence-electron chi connectivity index (χ2n) is 3.72. The molecule has 90 valence electrons. The summed E-state index contributed by atoms with van der Waals surface area (Å²) >= 11 is 3.47. The minimum absolute atomic E-state index is 0.908. The molecule has 0 amide bonds. The summed E-state index contributed by atoms with van der Waals surface area (Å²) in [6.07, 6.45) is 3.12. The van der Waals surface area contributed by atoms with E-state index in [9.17, 15) is 0 Å². The molecule has 0 aliphatic carbocycles. The van der Waals surface area contributed by atoms with Crippen molar-refractivity contribution in [1.29, 1.82) is 0 Å². The van der Waals surface area contributed by atoms with E-state index in [1.54, 1.807) is 23.1 Å². The summed E-state index contributed by atoms with van der Waals surface area (Å²) < 4.78 is 1.29. The van der Waals surface area contributed by atoms with Crippen LogP contribution in [0, 0.1) is 0 Å². The highest BCUT2D eigenvalue weighted by molar-refractivity contribution is 8.01. The second-order valence-corrected chi connectivity index (χ2v) is 5.98. The van der Waals surface area contributed by atoms with Crippen LogP contribution >= 0.6 is 23.1 Å². The van der Waals surface area contributed by atoms with E-state index >= 15 is 0 Å². The SMILES string of the molecule is CCCNCc1ccc(Sc2cccs2)nc1. The van der Waals surface area contributed by atoms with Crippen molar-refractivity contribution < 1.29 is 0 Å². The third kappa shape index (κ3) is 4.15. The van der Waals surface area contributed by atoms with Gasteiger partial charge in [-0.05, 0) is 36.0 Å². The molecular formula is C13H16N2S2. The summed E-state index contributed by atoms with van der Waals surface area (Å²) in [5, 5.41) is 6.52. The molecule has 2 heterocycles. The lowest BCUT2D eigenvalue weighted by Gasteiger charge is -2.03. The van der Waals surface area contributed by atoms with Gasteiger partial charge in [0, 0.05) is 12.7 Å². The Morgan fingerprint density at radius 2 is 2.29 bits per heavy atom. The third-order valence-corrected chi connectivity index (χ3v) is 4.24. The van der Waals surface area contributed by atoms with Gasteiger partial charge in [-0.15, -0.1) is 11.3 Å². The van der Waals surface area contributed by atoms with Crippen molar-refractivity contribution in [3.63, 3.8) is 0 Å². The van der Waals surface area contributed by atoms with Gasteiger partial charge in [-0.2, -0.15) is 0 Å². The van der Waals surface area contributed by atoms with Crippen molar-refractivity contribution in [2.45, 2.75) is 29.1 Å². The van der Waals surface area contributed by atoms with Crippen molar-refractivity contribution >= 4 is 23.1 Å². The lowest BCUT2D eigenvalue weighted by Crippen LogP contribution is -2.13. The molecule has 0 radical (unpaired) electrons. The zero-order chi connectivity index (χ0) is 11.9. The molecule has 4 heteroatoms. The molecule has 0 aliphatic heterocycles. The Hall–Kier alpha value is -0.840. The summed E-state index contributed by atoms with van der Waals surface area (Å²) in [6.45, 7) is 4.14. The van der Waals surface area contributed by atoms with E-state index in [2.05, 4.69) is 46.9 Å². The fourth-order valence-corrected chi connectivity index (χ4v) is 3.07. The minimum atomic E-state index is 0.908. The molecule has 0 saturated carbocycles. The first-order chi connectivity index (χ1) is 8.38. The number of hydrogen-bond acceptors (Lipinski definition) is 4. The molecule has 0 unspecified atom stereocenters. The first-order valence-corrected chi connectivity index (χ1v) is 7.45. The van der Waals surface area contributed by atoms with Gasteiger partial charge in [0.2, 0.25) is 0 Å². The Kier molecular flexibility index (Phi) is 5.04. The highest BCUT2D eigenvalue weighted by atomic mass is 32.2. The van der Waals surface area contributed by atoms with Gasteiger partial charge in [0.25, 0.3) is 0 Å². The minimum Gasteiger partial charge on any atom is -0.313 e. The Morgan fingerprint density at radius 3 is 2.94 bits per heavy atom. The van der Waals surface area contributed by atoms with Crippen LogP contribution in [-0.2, 0) is 6.54 Å². The molecule has 0 aromatic carbocycles. The number of nitrogens with zero attached hydrogens (tertiary/aromatic N) is 1. The maximum Gasteiger partial charge on any atom is 0.101 e. The molecule has 0 saturated heterocycles. The van der Waals surface area contributed by atoms with E-state index in [4.69, 9.17) is 0 Å². The molecule has 0 spiro atoms. The first kappa shape index (κ1) is 12.6. The Bertz CT molecular complexity index is 423. The normalized spacial score (nSPS) is 10.6. The smallest absolute Gasteiger partial charge is 0.101 e. The van der Waals surface area contributed by atoms with Gasteiger partial charge >= 0.3 is 0 Å². The third-order valence-electron chi connectivity index (χ3n) is 2.25. The van der Waals surface area contributed by atoms with E-state index in [0.29, 0.717) is 0 Å². The van der Waals surface area contributed by atoms with Crippen LogP contribution in [0.5, 0.6) is 0 Å². The Morgan fingerprint density at radius 1 is 1.35 bits per heavy atom. The number of thiophene rings is 1. The fraction of sp³-hybridized carbons (Fsp3) is 0.308. The van der Waals surface area contributed by atoms with Crippen LogP contribution < -0.4 is 5.32 Å². The lowest BCUT2D eigenvalue weighted by molar-refractivity contribution is 0.673. The van der Waals surface area contributed by atoms with Gasteiger partial charge in [-0.1, -0.05) is 30.8 Å². The number of aromatic nitrogens is 1.